The molecule has 0 unspecified atom stereocenters. The zero-order chi connectivity index (χ0) is 26.3. The first-order valence-corrected chi connectivity index (χ1v) is 11.9. The van der Waals surface area contributed by atoms with Crippen LogP contribution in [0.3, 0.4) is 0 Å². The molecule has 4 aromatic rings. The largest absolute Gasteiger partial charge is 0.383 e. The predicted octanol–water partition coefficient (Wildman–Crippen LogP) is 5.11. The minimum atomic E-state index is -1.66. The summed E-state index contributed by atoms with van der Waals surface area (Å²) in [5, 5.41) is 18.5. The van der Waals surface area contributed by atoms with E-state index in [1.54, 1.807) is 19.1 Å². The van der Waals surface area contributed by atoms with Gasteiger partial charge in [-0.1, -0.05) is 67.6 Å². The van der Waals surface area contributed by atoms with Crippen molar-refractivity contribution in [3.8, 4) is 0 Å². The molecular weight excluding hydrogens is 474 g/mol. The highest BCUT2D eigenvalue weighted by Gasteiger charge is 2.38. The van der Waals surface area contributed by atoms with E-state index in [1.807, 2.05) is 54.6 Å². The molecule has 2 atom stereocenters. The van der Waals surface area contributed by atoms with Gasteiger partial charge in [0.1, 0.15) is 29.9 Å². The minimum absolute atomic E-state index is 0.00355. The van der Waals surface area contributed by atoms with Crippen molar-refractivity contribution in [2.24, 2.45) is 5.92 Å². The molecule has 0 saturated heterocycles. The lowest BCUT2D eigenvalue weighted by Crippen LogP contribution is -2.39. The van der Waals surface area contributed by atoms with E-state index in [9.17, 15) is 18.7 Å². The van der Waals surface area contributed by atoms with Crippen molar-refractivity contribution in [3.63, 3.8) is 0 Å². The smallest absolute Gasteiger partial charge is 0.251 e. The van der Waals surface area contributed by atoms with Crippen LogP contribution in [0.1, 0.15) is 40.4 Å². The van der Waals surface area contributed by atoms with Gasteiger partial charge in [-0.2, -0.15) is 5.10 Å². The molecule has 0 radical (unpaired) electrons. The Labute approximate surface area is 214 Å². The van der Waals surface area contributed by atoms with Gasteiger partial charge in [0.2, 0.25) is 0 Å². The fourth-order valence-electron chi connectivity index (χ4n) is 4.14. The fraction of sp³-hybridized carbons (Fsp3) is 0.207. The van der Waals surface area contributed by atoms with Crippen molar-refractivity contribution < 1.29 is 18.7 Å². The topological polar surface area (TPSA) is 80.0 Å². The summed E-state index contributed by atoms with van der Waals surface area (Å²) in [7, 11) is 0. The molecule has 37 heavy (non-hydrogen) atoms. The highest BCUT2D eigenvalue weighted by atomic mass is 19.1. The predicted molar refractivity (Wildman–Crippen MR) is 137 cm³/mol. The van der Waals surface area contributed by atoms with Crippen LogP contribution in [-0.2, 0) is 18.7 Å². The van der Waals surface area contributed by atoms with Crippen molar-refractivity contribution >= 4 is 12.0 Å². The summed E-state index contributed by atoms with van der Waals surface area (Å²) in [6, 6.07) is 20.0. The summed E-state index contributed by atoms with van der Waals surface area (Å²) in [6.45, 7) is 2.20. The van der Waals surface area contributed by atoms with Crippen LogP contribution in [0.2, 0.25) is 0 Å². The Kier molecular flexibility index (Phi) is 8.20. The zero-order valence-electron chi connectivity index (χ0n) is 20.4. The molecule has 3 aromatic carbocycles. The second-order valence-electron chi connectivity index (χ2n) is 8.97. The molecule has 4 rings (SSSR count). The van der Waals surface area contributed by atoms with Crippen LogP contribution in [0.5, 0.6) is 0 Å². The van der Waals surface area contributed by atoms with Gasteiger partial charge in [0.25, 0.3) is 5.91 Å². The van der Waals surface area contributed by atoms with Crippen LogP contribution in [-0.4, -0.2) is 25.8 Å². The quantitative estimate of drug-likeness (QED) is 0.316. The number of benzene rings is 3. The molecule has 0 bridgehead atoms. The Morgan fingerprint density at radius 3 is 2.54 bits per heavy atom. The van der Waals surface area contributed by atoms with E-state index in [1.165, 1.54) is 23.4 Å². The van der Waals surface area contributed by atoms with Crippen LogP contribution < -0.4 is 5.32 Å². The molecule has 0 aliphatic heterocycles. The van der Waals surface area contributed by atoms with Crippen LogP contribution in [0.15, 0.2) is 91.5 Å². The molecule has 0 fully saturated rings. The number of allylic oxidation sites excluding steroid dienone is 1. The second-order valence-corrected chi connectivity index (χ2v) is 8.97. The van der Waals surface area contributed by atoms with Gasteiger partial charge in [0.15, 0.2) is 0 Å². The van der Waals surface area contributed by atoms with Crippen molar-refractivity contribution in [1.29, 1.82) is 0 Å². The number of carbonyl (C=O) groups excluding carboxylic acids is 1. The van der Waals surface area contributed by atoms with Gasteiger partial charge in [-0.25, -0.2) is 18.4 Å². The number of halogens is 2. The fourth-order valence-corrected chi connectivity index (χ4v) is 4.14. The Morgan fingerprint density at radius 2 is 1.86 bits per heavy atom. The molecule has 1 aromatic heterocycles. The van der Waals surface area contributed by atoms with Gasteiger partial charge >= 0.3 is 0 Å². The normalized spacial score (nSPS) is 13.8. The Bertz CT molecular complexity index is 1340. The van der Waals surface area contributed by atoms with Crippen LogP contribution >= 0.6 is 0 Å². The number of nitrogens with one attached hydrogen (secondary N) is 1. The standard InChI is InChI=1S/C29H28F2N4O2/c1-21(29(37,18-35-20-32-19-34-35)26-15-14-25(30)16-27(26)31)6-5-9-22-10-12-24(13-11-22)28(36)33-17-23-7-3-2-4-8-23/h2-5,7-16,19-21,37H,6,17-18H2,1H3,(H,33,36)/b9-5+/t21-,29+/m0/s1. The first-order chi connectivity index (χ1) is 17.8. The number of hydrogen-bond acceptors (Lipinski definition) is 4. The average molecular weight is 503 g/mol. The van der Waals surface area contributed by atoms with E-state index in [0.29, 0.717) is 18.5 Å². The molecule has 2 N–H and O–H groups in total. The molecule has 1 amide bonds. The highest BCUT2D eigenvalue weighted by molar-refractivity contribution is 5.94. The number of hydrogen-bond donors (Lipinski definition) is 2. The third-order valence-corrected chi connectivity index (χ3v) is 6.35. The van der Waals surface area contributed by atoms with Gasteiger partial charge in [0.05, 0.1) is 6.54 Å². The van der Waals surface area contributed by atoms with Crippen molar-refractivity contribution in [2.45, 2.75) is 32.0 Å². The summed E-state index contributed by atoms with van der Waals surface area (Å²) < 4.78 is 29.6. The molecule has 6 nitrogen and oxygen atoms in total. The first kappa shape index (κ1) is 25.9. The number of carbonyl (C=O) groups is 1. The summed E-state index contributed by atoms with van der Waals surface area (Å²) in [6.07, 6.45) is 6.92. The second kappa shape index (κ2) is 11.7. The third kappa shape index (κ3) is 6.54. The van der Waals surface area contributed by atoms with Crippen molar-refractivity contribution in [1.82, 2.24) is 20.1 Å². The molecule has 8 heteroatoms. The van der Waals surface area contributed by atoms with Gasteiger partial charge in [-0.05, 0) is 41.7 Å². The maximum Gasteiger partial charge on any atom is 0.251 e. The minimum Gasteiger partial charge on any atom is -0.383 e. The van der Waals surface area contributed by atoms with E-state index in [-0.39, 0.29) is 18.0 Å². The van der Waals surface area contributed by atoms with Gasteiger partial charge < -0.3 is 10.4 Å². The van der Waals surface area contributed by atoms with Gasteiger partial charge in [-0.15, -0.1) is 0 Å². The van der Waals surface area contributed by atoms with Crippen molar-refractivity contribution in [3.05, 3.63) is 125 Å². The molecule has 0 aliphatic carbocycles. The lowest BCUT2D eigenvalue weighted by atomic mass is 9.80. The maximum atomic E-state index is 14.7. The van der Waals surface area contributed by atoms with E-state index in [0.717, 1.165) is 23.3 Å². The van der Waals surface area contributed by atoms with E-state index in [2.05, 4.69) is 15.4 Å². The molecule has 0 aliphatic rings. The molecule has 0 spiro atoms. The molecule has 190 valence electrons. The van der Waals surface area contributed by atoms with Crippen molar-refractivity contribution in [2.75, 3.05) is 0 Å². The Morgan fingerprint density at radius 1 is 1.11 bits per heavy atom. The summed E-state index contributed by atoms with van der Waals surface area (Å²) in [4.78, 5) is 16.3. The zero-order valence-corrected chi connectivity index (χ0v) is 20.4. The van der Waals surface area contributed by atoms with Crippen LogP contribution in [0, 0.1) is 17.6 Å². The number of rotatable bonds is 10. The number of nitrogens with zero attached hydrogens (tertiary/aromatic N) is 3. The first-order valence-electron chi connectivity index (χ1n) is 11.9. The van der Waals surface area contributed by atoms with Crippen LogP contribution in [0.4, 0.5) is 8.78 Å². The monoisotopic (exact) mass is 502 g/mol. The van der Waals surface area contributed by atoms with E-state index >= 15 is 0 Å². The number of aliphatic hydroxyl groups is 1. The number of aromatic nitrogens is 3. The van der Waals surface area contributed by atoms with Gasteiger partial charge in [-0.3, -0.25) is 4.79 Å². The SMILES string of the molecule is C[C@@H](C/C=C/c1ccc(C(=O)NCc2ccccc2)cc1)[C@](O)(Cn1cncn1)c1ccc(F)cc1F. The summed E-state index contributed by atoms with van der Waals surface area (Å²) >= 11 is 0. The summed E-state index contributed by atoms with van der Waals surface area (Å²) in [5.74, 6) is -2.14. The lowest BCUT2D eigenvalue weighted by Gasteiger charge is -2.34. The average Bonchev–Trinajstić information content (AvgIpc) is 3.41. The molecule has 0 saturated carbocycles. The molecular formula is C29H28F2N4O2. The van der Waals surface area contributed by atoms with Crippen LogP contribution in [0.25, 0.3) is 6.08 Å². The third-order valence-electron chi connectivity index (χ3n) is 6.35. The van der Waals surface area contributed by atoms with E-state index in [4.69, 9.17) is 0 Å². The van der Waals surface area contributed by atoms with E-state index < -0.39 is 23.2 Å². The Hall–Kier alpha value is -4.17. The van der Waals surface area contributed by atoms with Gasteiger partial charge in [0, 0.05) is 23.7 Å². The molecule has 1 heterocycles. The number of amides is 1. The lowest BCUT2D eigenvalue weighted by molar-refractivity contribution is -0.0379. The summed E-state index contributed by atoms with van der Waals surface area (Å²) in [5.41, 5.74) is 0.788. The highest BCUT2D eigenvalue weighted by Crippen LogP contribution is 2.35. The maximum absolute atomic E-state index is 14.7. The Balaban J connectivity index is 1.42.